The van der Waals surface area contributed by atoms with E-state index >= 15 is 0 Å². The van der Waals surface area contributed by atoms with Crippen molar-refractivity contribution < 1.29 is 19.1 Å². The van der Waals surface area contributed by atoms with Crippen LogP contribution < -0.4 is 5.32 Å². The van der Waals surface area contributed by atoms with Crippen LogP contribution in [0.3, 0.4) is 0 Å². The second-order valence-corrected chi connectivity index (χ2v) is 7.07. The summed E-state index contributed by atoms with van der Waals surface area (Å²) in [5.41, 5.74) is -0.589. The highest BCUT2D eigenvalue weighted by Crippen LogP contribution is 2.14. The van der Waals surface area contributed by atoms with Crippen LogP contribution in [0.2, 0.25) is 0 Å². The molecule has 1 N–H and O–H groups in total. The number of alkyl carbamates (subject to hydrolysis) is 1. The standard InChI is InChI=1S/C17H31N3O4/c1-6-13(7-2)15(22)20-10-8-19(9-11-20)14(21)12-18-16(23)24-17(3,4)5/h13H,6-12H2,1-5H3,(H,18,23). The minimum atomic E-state index is -0.599. The fourth-order valence-electron chi connectivity index (χ4n) is 2.65. The van der Waals surface area contributed by atoms with Crippen LogP contribution in [0.15, 0.2) is 0 Å². The first-order valence-electron chi connectivity index (χ1n) is 8.71. The van der Waals surface area contributed by atoms with Gasteiger partial charge < -0.3 is 19.9 Å². The molecule has 0 aliphatic carbocycles. The molecule has 0 atom stereocenters. The van der Waals surface area contributed by atoms with Gasteiger partial charge in [-0.1, -0.05) is 13.8 Å². The third-order valence-corrected chi connectivity index (χ3v) is 4.06. The predicted molar refractivity (Wildman–Crippen MR) is 91.5 cm³/mol. The molecule has 0 bridgehead atoms. The van der Waals surface area contributed by atoms with Crippen molar-refractivity contribution in [1.29, 1.82) is 0 Å². The molecular formula is C17H31N3O4. The quantitative estimate of drug-likeness (QED) is 0.824. The summed E-state index contributed by atoms with van der Waals surface area (Å²) in [6.45, 7) is 11.4. The van der Waals surface area contributed by atoms with E-state index in [0.717, 1.165) is 12.8 Å². The van der Waals surface area contributed by atoms with Crippen LogP contribution in [-0.2, 0) is 14.3 Å². The molecule has 138 valence electrons. The van der Waals surface area contributed by atoms with Gasteiger partial charge in [-0.05, 0) is 33.6 Å². The number of amides is 3. The lowest BCUT2D eigenvalue weighted by Gasteiger charge is -2.36. The number of ether oxygens (including phenoxy) is 1. The molecule has 1 rings (SSSR count). The van der Waals surface area contributed by atoms with Crippen molar-refractivity contribution in [2.24, 2.45) is 5.92 Å². The average Bonchev–Trinajstić information content (AvgIpc) is 2.52. The Labute approximate surface area is 144 Å². The summed E-state index contributed by atoms with van der Waals surface area (Å²) in [4.78, 5) is 39.6. The molecule has 7 heteroatoms. The average molecular weight is 341 g/mol. The first-order valence-corrected chi connectivity index (χ1v) is 8.71. The van der Waals surface area contributed by atoms with Crippen molar-refractivity contribution in [3.05, 3.63) is 0 Å². The van der Waals surface area contributed by atoms with Gasteiger partial charge in [0, 0.05) is 32.1 Å². The monoisotopic (exact) mass is 341 g/mol. The van der Waals surface area contributed by atoms with Gasteiger partial charge in [-0.25, -0.2) is 4.79 Å². The molecular weight excluding hydrogens is 310 g/mol. The second-order valence-electron chi connectivity index (χ2n) is 7.07. The molecule has 0 aromatic carbocycles. The highest BCUT2D eigenvalue weighted by molar-refractivity contribution is 5.83. The van der Waals surface area contributed by atoms with Crippen molar-refractivity contribution >= 4 is 17.9 Å². The Kier molecular flexibility index (Phi) is 7.51. The zero-order valence-electron chi connectivity index (χ0n) is 15.6. The zero-order valence-corrected chi connectivity index (χ0v) is 15.6. The predicted octanol–water partition coefficient (Wildman–Crippen LogP) is 1.62. The lowest BCUT2D eigenvalue weighted by molar-refractivity contribution is -0.141. The number of hydrogen-bond acceptors (Lipinski definition) is 4. The molecule has 1 heterocycles. The van der Waals surface area contributed by atoms with Gasteiger partial charge in [0.2, 0.25) is 11.8 Å². The van der Waals surface area contributed by atoms with Crippen LogP contribution in [0, 0.1) is 5.92 Å². The first-order chi connectivity index (χ1) is 11.2. The van der Waals surface area contributed by atoms with E-state index in [9.17, 15) is 14.4 Å². The van der Waals surface area contributed by atoms with Crippen LogP contribution in [0.25, 0.3) is 0 Å². The van der Waals surface area contributed by atoms with Crippen LogP contribution in [0.4, 0.5) is 4.79 Å². The maximum Gasteiger partial charge on any atom is 0.408 e. The van der Waals surface area contributed by atoms with Crippen LogP contribution in [0.1, 0.15) is 47.5 Å². The minimum Gasteiger partial charge on any atom is -0.444 e. The van der Waals surface area contributed by atoms with E-state index in [1.165, 1.54) is 0 Å². The number of hydrogen-bond donors (Lipinski definition) is 1. The Balaban J connectivity index is 2.38. The lowest BCUT2D eigenvalue weighted by Crippen LogP contribution is -2.53. The summed E-state index contributed by atoms with van der Waals surface area (Å²) < 4.78 is 5.10. The third kappa shape index (κ3) is 6.37. The topological polar surface area (TPSA) is 79.0 Å². The summed E-state index contributed by atoms with van der Waals surface area (Å²) in [5, 5.41) is 2.47. The number of carbonyl (C=O) groups is 3. The summed E-state index contributed by atoms with van der Waals surface area (Å²) >= 11 is 0. The smallest absolute Gasteiger partial charge is 0.408 e. The van der Waals surface area contributed by atoms with Crippen molar-refractivity contribution in [2.45, 2.75) is 53.1 Å². The van der Waals surface area contributed by atoms with Crippen LogP contribution in [0.5, 0.6) is 0 Å². The Bertz CT molecular complexity index is 447. The molecule has 24 heavy (non-hydrogen) atoms. The molecule has 0 spiro atoms. The number of nitrogens with one attached hydrogen (secondary N) is 1. The Hall–Kier alpha value is -1.79. The van der Waals surface area contributed by atoms with E-state index in [1.807, 2.05) is 18.7 Å². The highest BCUT2D eigenvalue weighted by Gasteiger charge is 2.27. The summed E-state index contributed by atoms with van der Waals surface area (Å²) in [5.74, 6) is 0.0931. The van der Waals surface area contributed by atoms with E-state index in [4.69, 9.17) is 4.74 Å². The van der Waals surface area contributed by atoms with Crippen molar-refractivity contribution in [3.8, 4) is 0 Å². The summed E-state index contributed by atoms with van der Waals surface area (Å²) in [7, 11) is 0. The number of rotatable bonds is 5. The van der Waals surface area contributed by atoms with Crippen molar-refractivity contribution in [2.75, 3.05) is 32.7 Å². The van der Waals surface area contributed by atoms with Gasteiger partial charge in [-0.2, -0.15) is 0 Å². The van der Waals surface area contributed by atoms with Crippen molar-refractivity contribution in [3.63, 3.8) is 0 Å². The van der Waals surface area contributed by atoms with Gasteiger partial charge in [-0.3, -0.25) is 9.59 Å². The molecule has 0 saturated carbocycles. The zero-order chi connectivity index (χ0) is 18.3. The molecule has 0 aromatic heterocycles. The fourth-order valence-corrected chi connectivity index (χ4v) is 2.65. The minimum absolute atomic E-state index is 0.0705. The van der Waals surface area contributed by atoms with Gasteiger partial charge >= 0.3 is 6.09 Å². The van der Waals surface area contributed by atoms with Gasteiger partial charge in [0.1, 0.15) is 12.1 Å². The Morgan fingerprint density at radius 1 is 1.00 bits per heavy atom. The van der Waals surface area contributed by atoms with E-state index in [2.05, 4.69) is 5.32 Å². The van der Waals surface area contributed by atoms with Gasteiger partial charge in [0.25, 0.3) is 0 Å². The lowest BCUT2D eigenvalue weighted by atomic mass is 10.0. The van der Waals surface area contributed by atoms with E-state index in [-0.39, 0.29) is 24.3 Å². The molecule has 0 radical (unpaired) electrons. The van der Waals surface area contributed by atoms with Crippen LogP contribution >= 0.6 is 0 Å². The van der Waals surface area contributed by atoms with Gasteiger partial charge in [0.15, 0.2) is 0 Å². The third-order valence-electron chi connectivity index (χ3n) is 4.06. The molecule has 3 amide bonds. The maximum absolute atomic E-state index is 12.3. The number of nitrogens with zero attached hydrogens (tertiary/aromatic N) is 2. The number of carbonyl (C=O) groups excluding carboxylic acids is 3. The van der Waals surface area contributed by atoms with Gasteiger partial charge in [-0.15, -0.1) is 0 Å². The largest absolute Gasteiger partial charge is 0.444 e. The van der Waals surface area contributed by atoms with E-state index in [1.54, 1.807) is 25.7 Å². The molecule has 1 saturated heterocycles. The Morgan fingerprint density at radius 3 is 1.96 bits per heavy atom. The SMILES string of the molecule is CCC(CC)C(=O)N1CCN(C(=O)CNC(=O)OC(C)(C)C)CC1. The molecule has 1 aliphatic heterocycles. The summed E-state index contributed by atoms with van der Waals surface area (Å²) in [6, 6.07) is 0. The molecule has 0 aromatic rings. The van der Waals surface area contributed by atoms with Gasteiger partial charge in [0.05, 0.1) is 0 Å². The van der Waals surface area contributed by atoms with Crippen molar-refractivity contribution in [1.82, 2.24) is 15.1 Å². The summed E-state index contributed by atoms with van der Waals surface area (Å²) in [6.07, 6.45) is 1.08. The van der Waals surface area contributed by atoms with E-state index < -0.39 is 11.7 Å². The molecule has 1 fully saturated rings. The first kappa shape index (κ1) is 20.3. The molecule has 1 aliphatic rings. The molecule has 0 unspecified atom stereocenters. The molecule has 7 nitrogen and oxygen atoms in total. The second kappa shape index (κ2) is 8.89. The number of piperazine rings is 1. The highest BCUT2D eigenvalue weighted by atomic mass is 16.6. The Morgan fingerprint density at radius 2 is 1.50 bits per heavy atom. The van der Waals surface area contributed by atoms with Crippen LogP contribution in [-0.4, -0.2) is 66.0 Å². The maximum atomic E-state index is 12.3. The normalized spacial score (nSPS) is 15.4. The van der Waals surface area contributed by atoms with E-state index in [0.29, 0.717) is 26.2 Å². The fraction of sp³-hybridized carbons (Fsp3) is 0.824.